The summed E-state index contributed by atoms with van der Waals surface area (Å²) in [5.41, 5.74) is 7.04. The molecule has 0 unspecified atom stereocenters. The molecule has 0 heterocycles. The summed E-state index contributed by atoms with van der Waals surface area (Å²) in [6, 6.07) is 11.1. The van der Waals surface area contributed by atoms with Crippen molar-refractivity contribution in [3.63, 3.8) is 0 Å². The van der Waals surface area contributed by atoms with Crippen LogP contribution in [0.25, 0.3) is 0 Å². The third-order valence-electron chi connectivity index (χ3n) is 3.96. The van der Waals surface area contributed by atoms with Crippen molar-refractivity contribution in [1.29, 1.82) is 0 Å². The van der Waals surface area contributed by atoms with Gasteiger partial charge < -0.3 is 20.5 Å². The lowest BCUT2D eigenvalue weighted by molar-refractivity contribution is -0.153. The second-order valence-corrected chi connectivity index (χ2v) is 6.23. The second kappa shape index (κ2) is 9.81. The van der Waals surface area contributed by atoms with Crippen molar-refractivity contribution in [2.75, 3.05) is 13.7 Å². The molecule has 9 heteroatoms. The van der Waals surface area contributed by atoms with Gasteiger partial charge in [0.25, 0.3) is 0 Å². The molecule has 0 atom stereocenters. The summed E-state index contributed by atoms with van der Waals surface area (Å²) in [5, 5.41) is 2.74. The van der Waals surface area contributed by atoms with Gasteiger partial charge in [-0.3, -0.25) is 9.59 Å². The molecule has 0 bridgehead atoms. The number of hydrogen-bond acceptors (Lipinski definition) is 4. The van der Waals surface area contributed by atoms with Crippen LogP contribution in [0, 0.1) is 0 Å². The summed E-state index contributed by atoms with van der Waals surface area (Å²) in [7, 11) is 1.33. The third-order valence-corrected chi connectivity index (χ3v) is 3.96. The maximum atomic E-state index is 12.3. The SMILES string of the molecule is COc1cc(CCC(=O)NCc2cccc(C(N)=O)c2)ccc1OCC(F)(F)F. The van der Waals surface area contributed by atoms with Crippen molar-refractivity contribution in [2.45, 2.75) is 25.6 Å². The van der Waals surface area contributed by atoms with E-state index in [1.807, 2.05) is 0 Å². The predicted molar refractivity (Wildman–Crippen MR) is 99.7 cm³/mol. The van der Waals surface area contributed by atoms with Gasteiger partial charge >= 0.3 is 6.18 Å². The number of methoxy groups -OCH3 is 1. The summed E-state index contributed by atoms with van der Waals surface area (Å²) in [4.78, 5) is 23.2. The molecule has 0 aromatic heterocycles. The summed E-state index contributed by atoms with van der Waals surface area (Å²) >= 11 is 0. The summed E-state index contributed by atoms with van der Waals surface area (Å²) in [6.07, 6.45) is -3.91. The number of halogens is 3. The first-order valence-electron chi connectivity index (χ1n) is 8.70. The smallest absolute Gasteiger partial charge is 0.422 e. The maximum Gasteiger partial charge on any atom is 0.422 e. The molecule has 156 valence electrons. The topological polar surface area (TPSA) is 90.6 Å². The Morgan fingerprint density at radius 1 is 1.07 bits per heavy atom. The zero-order valence-corrected chi connectivity index (χ0v) is 15.7. The van der Waals surface area contributed by atoms with Crippen molar-refractivity contribution < 1.29 is 32.2 Å². The van der Waals surface area contributed by atoms with Crippen LogP contribution in [0.15, 0.2) is 42.5 Å². The number of rotatable bonds is 9. The number of amides is 2. The van der Waals surface area contributed by atoms with Crippen LogP contribution in [0.3, 0.4) is 0 Å². The Morgan fingerprint density at radius 3 is 2.48 bits per heavy atom. The fraction of sp³-hybridized carbons (Fsp3) is 0.300. The number of benzene rings is 2. The van der Waals surface area contributed by atoms with E-state index in [2.05, 4.69) is 5.32 Å². The zero-order chi connectivity index (χ0) is 21.4. The van der Waals surface area contributed by atoms with Crippen molar-refractivity contribution in [2.24, 2.45) is 5.73 Å². The minimum Gasteiger partial charge on any atom is -0.493 e. The van der Waals surface area contributed by atoms with E-state index < -0.39 is 18.7 Å². The number of carbonyl (C=O) groups excluding carboxylic acids is 2. The van der Waals surface area contributed by atoms with Gasteiger partial charge in [-0.05, 0) is 41.8 Å². The van der Waals surface area contributed by atoms with Gasteiger partial charge in [0.05, 0.1) is 7.11 Å². The molecule has 0 fully saturated rings. The monoisotopic (exact) mass is 410 g/mol. The maximum absolute atomic E-state index is 12.3. The van der Waals surface area contributed by atoms with Crippen molar-refractivity contribution in [3.05, 3.63) is 59.2 Å². The van der Waals surface area contributed by atoms with Gasteiger partial charge in [-0.15, -0.1) is 0 Å². The standard InChI is InChI=1S/C20H21F3N2O4/c1-28-17-10-13(5-7-16(17)29-12-20(21,22)23)6-8-18(26)25-11-14-3-2-4-15(9-14)19(24)27/h2-5,7,9-10H,6,8,11-12H2,1H3,(H2,24,27)(H,25,26). The van der Waals surface area contributed by atoms with Gasteiger partial charge in [0.2, 0.25) is 11.8 Å². The first-order chi connectivity index (χ1) is 13.7. The van der Waals surface area contributed by atoms with Gasteiger partial charge in [0.1, 0.15) is 0 Å². The molecule has 6 nitrogen and oxygen atoms in total. The predicted octanol–water partition coefficient (Wildman–Crippen LogP) is 2.98. The lowest BCUT2D eigenvalue weighted by Crippen LogP contribution is -2.23. The highest BCUT2D eigenvalue weighted by Crippen LogP contribution is 2.30. The number of carbonyl (C=O) groups is 2. The lowest BCUT2D eigenvalue weighted by atomic mass is 10.1. The molecule has 2 rings (SSSR count). The number of primary amides is 1. The number of ether oxygens (including phenoxy) is 2. The van der Waals surface area contributed by atoms with Crippen LogP contribution in [0.1, 0.15) is 27.9 Å². The second-order valence-electron chi connectivity index (χ2n) is 6.23. The number of nitrogens with two attached hydrogens (primary N) is 1. The molecule has 29 heavy (non-hydrogen) atoms. The van der Waals surface area contributed by atoms with E-state index in [0.717, 1.165) is 5.56 Å². The fourth-order valence-electron chi connectivity index (χ4n) is 2.53. The van der Waals surface area contributed by atoms with Crippen LogP contribution >= 0.6 is 0 Å². The Morgan fingerprint density at radius 2 is 1.83 bits per heavy atom. The quantitative estimate of drug-likeness (QED) is 0.665. The molecule has 0 aliphatic rings. The van der Waals surface area contributed by atoms with Gasteiger partial charge in [0.15, 0.2) is 18.1 Å². The third kappa shape index (κ3) is 7.36. The Hall–Kier alpha value is -3.23. The molecule has 2 aromatic rings. The number of alkyl halides is 3. The molecule has 0 aliphatic carbocycles. The molecule has 0 aliphatic heterocycles. The number of aryl methyl sites for hydroxylation is 1. The van der Waals surface area contributed by atoms with E-state index in [9.17, 15) is 22.8 Å². The Bertz CT molecular complexity index is 869. The normalized spacial score (nSPS) is 11.0. The Balaban J connectivity index is 1.88. The average Bonchev–Trinajstić information content (AvgIpc) is 2.68. The van der Waals surface area contributed by atoms with E-state index in [-0.39, 0.29) is 30.4 Å². The Labute approximate surface area is 165 Å². The van der Waals surface area contributed by atoms with Crippen LogP contribution in [0.5, 0.6) is 11.5 Å². The molecule has 0 saturated carbocycles. The number of nitrogens with one attached hydrogen (secondary N) is 1. The molecule has 2 aromatic carbocycles. The van der Waals surface area contributed by atoms with Gasteiger partial charge in [-0.1, -0.05) is 18.2 Å². The van der Waals surface area contributed by atoms with Crippen molar-refractivity contribution in [3.8, 4) is 11.5 Å². The summed E-state index contributed by atoms with van der Waals surface area (Å²) < 4.78 is 46.7. The van der Waals surface area contributed by atoms with Crippen LogP contribution in [0.2, 0.25) is 0 Å². The van der Waals surface area contributed by atoms with Crippen molar-refractivity contribution in [1.82, 2.24) is 5.32 Å². The lowest BCUT2D eigenvalue weighted by Gasteiger charge is -2.13. The number of hydrogen-bond donors (Lipinski definition) is 2. The van der Waals surface area contributed by atoms with Gasteiger partial charge in [-0.25, -0.2) is 0 Å². The summed E-state index contributed by atoms with van der Waals surface area (Å²) in [5.74, 6) is -0.622. The van der Waals surface area contributed by atoms with E-state index in [1.165, 1.54) is 19.2 Å². The van der Waals surface area contributed by atoms with Gasteiger partial charge in [-0.2, -0.15) is 13.2 Å². The molecule has 0 spiro atoms. The molecular weight excluding hydrogens is 389 g/mol. The highest BCUT2D eigenvalue weighted by atomic mass is 19.4. The van der Waals surface area contributed by atoms with E-state index in [0.29, 0.717) is 17.5 Å². The van der Waals surface area contributed by atoms with E-state index in [1.54, 1.807) is 30.3 Å². The largest absolute Gasteiger partial charge is 0.493 e. The highest BCUT2D eigenvalue weighted by molar-refractivity contribution is 5.92. The molecular formula is C20H21F3N2O4. The fourth-order valence-corrected chi connectivity index (χ4v) is 2.53. The first-order valence-corrected chi connectivity index (χ1v) is 8.70. The van der Waals surface area contributed by atoms with E-state index >= 15 is 0 Å². The molecule has 0 saturated heterocycles. The first kappa shape index (κ1) is 22.1. The van der Waals surface area contributed by atoms with Crippen LogP contribution < -0.4 is 20.5 Å². The molecule has 0 radical (unpaired) electrons. The van der Waals surface area contributed by atoms with Crippen LogP contribution in [0.4, 0.5) is 13.2 Å². The van der Waals surface area contributed by atoms with E-state index in [4.69, 9.17) is 15.2 Å². The van der Waals surface area contributed by atoms with Gasteiger partial charge in [0, 0.05) is 18.5 Å². The zero-order valence-electron chi connectivity index (χ0n) is 15.7. The van der Waals surface area contributed by atoms with Crippen molar-refractivity contribution >= 4 is 11.8 Å². The molecule has 3 N–H and O–H groups in total. The highest BCUT2D eigenvalue weighted by Gasteiger charge is 2.29. The van der Waals surface area contributed by atoms with Crippen LogP contribution in [-0.2, 0) is 17.8 Å². The molecule has 2 amide bonds. The van der Waals surface area contributed by atoms with Crippen LogP contribution in [-0.4, -0.2) is 31.7 Å². The Kier molecular flexibility index (Phi) is 7.46. The minimum atomic E-state index is -4.45. The minimum absolute atomic E-state index is 0.0210. The average molecular weight is 410 g/mol. The summed E-state index contributed by atoms with van der Waals surface area (Å²) in [6.45, 7) is -1.17.